The maximum atomic E-state index is 5.86. The van der Waals surface area contributed by atoms with E-state index in [9.17, 15) is 0 Å². The molecule has 0 atom stereocenters. The minimum absolute atomic E-state index is 0.697. The van der Waals surface area contributed by atoms with Gasteiger partial charge in [-0.15, -0.1) is 0 Å². The van der Waals surface area contributed by atoms with Crippen LogP contribution in [0, 0.1) is 0 Å². The fraction of sp³-hybridized carbons (Fsp3) is 0. The van der Waals surface area contributed by atoms with Crippen molar-refractivity contribution in [3.05, 3.63) is 43.7 Å². The van der Waals surface area contributed by atoms with Crippen LogP contribution in [0.25, 0.3) is 11.1 Å². The van der Waals surface area contributed by atoms with Crippen molar-refractivity contribution in [1.82, 2.24) is 0 Å². The van der Waals surface area contributed by atoms with E-state index in [0.29, 0.717) is 5.69 Å². The molecule has 17 heavy (non-hydrogen) atoms. The van der Waals surface area contributed by atoms with Crippen LogP contribution >= 0.6 is 47.8 Å². The average molecular weight is 421 g/mol. The highest BCUT2D eigenvalue weighted by atomic mass is 79.9. The van der Waals surface area contributed by atoms with Gasteiger partial charge in [0.2, 0.25) is 0 Å². The third-order valence-corrected chi connectivity index (χ3v) is 4.41. The summed E-state index contributed by atoms with van der Waals surface area (Å²) in [7, 11) is 0. The van der Waals surface area contributed by atoms with Crippen molar-refractivity contribution < 1.29 is 0 Å². The summed E-state index contributed by atoms with van der Waals surface area (Å²) in [5.74, 6) is 0. The van der Waals surface area contributed by atoms with Gasteiger partial charge in [0.1, 0.15) is 0 Å². The van der Waals surface area contributed by atoms with Gasteiger partial charge < -0.3 is 11.5 Å². The molecule has 0 heterocycles. The zero-order valence-corrected chi connectivity index (χ0v) is 13.4. The molecule has 0 aliphatic rings. The fourth-order valence-corrected chi connectivity index (χ4v) is 3.02. The van der Waals surface area contributed by atoms with Crippen molar-refractivity contribution in [2.24, 2.45) is 0 Å². The Balaban J connectivity index is 2.57. The molecule has 0 aromatic heterocycles. The van der Waals surface area contributed by atoms with Crippen molar-refractivity contribution in [2.75, 3.05) is 11.5 Å². The summed E-state index contributed by atoms with van der Waals surface area (Å²) in [6.45, 7) is 0. The molecule has 0 radical (unpaired) electrons. The van der Waals surface area contributed by atoms with Crippen molar-refractivity contribution in [3.8, 4) is 11.1 Å². The number of nitrogens with two attached hydrogens (primary N) is 2. The van der Waals surface area contributed by atoms with Crippen LogP contribution in [0.3, 0.4) is 0 Å². The van der Waals surface area contributed by atoms with E-state index in [1.807, 2.05) is 30.3 Å². The van der Waals surface area contributed by atoms with Crippen LogP contribution in [0.5, 0.6) is 0 Å². The smallest absolute Gasteiger partial charge is 0.0603 e. The summed E-state index contributed by atoms with van der Waals surface area (Å²) in [6.07, 6.45) is 0. The summed E-state index contributed by atoms with van der Waals surface area (Å²) >= 11 is 10.3. The number of nitrogen functional groups attached to an aromatic ring is 2. The van der Waals surface area contributed by atoms with Crippen molar-refractivity contribution in [2.45, 2.75) is 0 Å². The van der Waals surface area contributed by atoms with Crippen molar-refractivity contribution >= 4 is 59.2 Å². The summed E-state index contributed by atoms with van der Waals surface area (Å²) in [5.41, 5.74) is 15.2. The number of hydrogen-bond donors (Lipinski definition) is 2. The molecule has 4 N–H and O–H groups in total. The zero-order valence-electron chi connectivity index (χ0n) is 8.68. The number of benzene rings is 2. The molecular formula is C12H9Br3N2. The van der Waals surface area contributed by atoms with Gasteiger partial charge >= 0.3 is 0 Å². The van der Waals surface area contributed by atoms with E-state index < -0.39 is 0 Å². The van der Waals surface area contributed by atoms with E-state index >= 15 is 0 Å². The second-order valence-electron chi connectivity index (χ2n) is 3.59. The number of hydrogen-bond acceptors (Lipinski definition) is 2. The maximum Gasteiger partial charge on any atom is 0.0603 e. The Morgan fingerprint density at radius 1 is 0.706 bits per heavy atom. The minimum Gasteiger partial charge on any atom is -0.398 e. The van der Waals surface area contributed by atoms with Gasteiger partial charge in [-0.3, -0.25) is 0 Å². The van der Waals surface area contributed by atoms with E-state index in [-0.39, 0.29) is 0 Å². The highest BCUT2D eigenvalue weighted by Crippen LogP contribution is 2.35. The molecule has 88 valence electrons. The molecule has 0 spiro atoms. The standard InChI is InChI=1S/C12H9Br3N2/c13-8-3-6(1-2-11(8)16)7-4-9(14)12(17)10(15)5-7/h1-5H,16-17H2. The summed E-state index contributed by atoms with van der Waals surface area (Å²) in [5, 5.41) is 0. The Morgan fingerprint density at radius 3 is 1.76 bits per heavy atom. The largest absolute Gasteiger partial charge is 0.398 e. The molecule has 0 aliphatic carbocycles. The molecule has 0 unspecified atom stereocenters. The monoisotopic (exact) mass is 418 g/mol. The molecule has 0 fully saturated rings. The predicted octanol–water partition coefficient (Wildman–Crippen LogP) is 4.81. The van der Waals surface area contributed by atoms with Gasteiger partial charge in [-0.2, -0.15) is 0 Å². The Kier molecular flexibility index (Phi) is 3.80. The fourth-order valence-electron chi connectivity index (χ4n) is 1.46. The van der Waals surface area contributed by atoms with Gasteiger partial charge in [-0.1, -0.05) is 6.07 Å². The first kappa shape index (κ1) is 12.9. The van der Waals surface area contributed by atoms with Crippen molar-refractivity contribution in [1.29, 1.82) is 0 Å². The lowest BCUT2D eigenvalue weighted by atomic mass is 10.1. The lowest BCUT2D eigenvalue weighted by Crippen LogP contribution is -1.91. The van der Waals surface area contributed by atoms with Crippen LogP contribution in [0.4, 0.5) is 11.4 Å². The SMILES string of the molecule is Nc1ccc(-c2cc(Br)c(N)c(Br)c2)cc1Br. The molecule has 2 aromatic carbocycles. The molecule has 0 saturated heterocycles. The molecular weight excluding hydrogens is 412 g/mol. The first-order valence-corrected chi connectivity index (χ1v) is 7.17. The lowest BCUT2D eigenvalue weighted by Gasteiger charge is -2.08. The zero-order chi connectivity index (χ0) is 12.6. The Hall–Kier alpha value is -0.520. The highest BCUT2D eigenvalue weighted by molar-refractivity contribution is 9.11. The number of halogens is 3. The second kappa shape index (κ2) is 5.00. The third kappa shape index (κ3) is 2.67. The van der Waals surface area contributed by atoms with Gasteiger partial charge in [-0.05, 0) is 83.2 Å². The van der Waals surface area contributed by atoms with E-state index in [2.05, 4.69) is 47.8 Å². The predicted molar refractivity (Wildman–Crippen MR) is 83.8 cm³/mol. The van der Waals surface area contributed by atoms with Crippen LogP contribution in [0.1, 0.15) is 0 Å². The first-order valence-electron chi connectivity index (χ1n) is 4.79. The molecule has 0 bridgehead atoms. The lowest BCUT2D eigenvalue weighted by molar-refractivity contribution is 1.54. The second-order valence-corrected chi connectivity index (χ2v) is 6.15. The number of rotatable bonds is 1. The molecule has 0 aliphatic heterocycles. The normalized spacial score (nSPS) is 10.5. The Morgan fingerprint density at radius 2 is 1.24 bits per heavy atom. The molecule has 2 rings (SSSR count). The van der Waals surface area contributed by atoms with Gasteiger partial charge in [0.05, 0.1) is 5.69 Å². The Bertz CT molecular complexity index is 559. The molecule has 2 nitrogen and oxygen atoms in total. The average Bonchev–Trinajstić information content (AvgIpc) is 2.29. The van der Waals surface area contributed by atoms with E-state index in [1.165, 1.54) is 0 Å². The van der Waals surface area contributed by atoms with Crippen LogP contribution < -0.4 is 11.5 Å². The molecule has 0 saturated carbocycles. The highest BCUT2D eigenvalue weighted by Gasteiger charge is 2.07. The van der Waals surface area contributed by atoms with E-state index in [0.717, 1.165) is 30.2 Å². The van der Waals surface area contributed by atoms with Crippen molar-refractivity contribution in [3.63, 3.8) is 0 Å². The Labute approximate surface area is 125 Å². The van der Waals surface area contributed by atoms with Crippen LogP contribution in [0.2, 0.25) is 0 Å². The number of anilines is 2. The van der Waals surface area contributed by atoms with Gasteiger partial charge in [0.25, 0.3) is 0 Å². The van der Waals surface area contributed by atoms with Gasteiger partial charge in [-0.25, -0.2) is 0 Å². The molecule has 2 aromatic rings. The summed E-state index contributed by atoms with van der Waals surface area (Å²) < 4.78 is 2.63. The maximum absolute atomic E-state index is 5.86. The topological polar surface area (TPSA) is 52.0 Å². The summed E-state index contributed by atoms with van der Waals surface area (Å²) in [6, 6.07) is 9.80. The third-order valence-electron chi connectivity index (χ3n) is 2.41. The first-order chi connectivity index (χ1) is 7.99. The van der Waals surface area contributed by atoms with Gasteiger partial charge in [0.15, 0.2) is 0 Å². The van der Waals surface area contributed by atoms with Crippen LogP contribution in [-0.2, 0) is 0 Å². The van der Waals surface area contributed by atoms with E-state index in [1.54, 1.807) is 0 Å². The minimum atomic E-state index is 0.697. The van der Waals surface area contributed by atoms with Crippen LogP contribution in [0.15, 0.2) is 43.7 Å². The summed E-state index contributed by atoms with van der Waals surface area (Å²) in [4.78, 5) is 0. The van der Waals surface area contributed by atoms with Gasteiger partial charge in [0, 0.05) is 19.1 Å². The van der Waals surface area contributed by atoms with E-state index in [4.69, 9.17) is 11.5 Å². The quantitative estimate of drug-likeness (QED) is 0.651. The van der Waals surface area contributed by atoms with Crippen LogP contribution in [-0.4, -0.2) is 0 Å². The molecule has 5 heteroatoms. The molecule has 0 amide bonds.